The van der Waals surface area contributed by atoms with Crippen LogP contribution in [-0.4, -0.2) is 22.4 Å². The molecule has 0 spiro atoms. The number of nitrogens with one attached hydrogen (secondary N) is 1. The van der Waals surface area contributed by atoms with E-state index in [-0.39, 0.29) is 0 Å². The van der Waals surface area contributed by atoms with Crippen molar-refractivity contribution in [2.24, 2.45) is 0 Å². The molecule has 84 valence electrons. The summed E-state index contributed by atoms with van der Waals surface area (Å²) in [7, 11) is 0. The Morgan fingerprint density at radius 2 is 2.27 bits per heavy atom. The highest BCUT2D eigenvalue weighted by molar-refractivity contribution is 5.13. The molecule has 1 fully saturated rings. The van der Waals surface area contributed by atoms with Gasteiger partial charge in [0.15, 0.2) is 0 Å². The van der Waals surface area contributed by atoms with E-state index in [9.17, 15) is 0 Å². The van der Waals surface area contributed by atoms with E-state index in [1.165, 1.54) is 18.4 Å². The van der Waals surface area contributed by atoms with Crippen LogP contribution >= 0.6 is 0 Å². The van der Waals surface area contributed by atoms with Crippen LogP contribution in [0, 0.1) is 0 Å². The van der Waals surface area contributed by atoms with E-state index in [0.717, 1.165) is 6.54 Å². The fourth-order valence-electron chi connectivity index (χ4n) is 2.13. The zero-order chi connectivity index (χ0) is 10.8. The maximum absolute atomic E-state index is 4.40. The summed E-state index contributed by atoms with van der Waals surface area (Å²) in [5.74, 6) is 0.661. The SMILES string of the molecule is CC(C)n1cc([C@@H]2CC[C@@H](C)NC2)cn1. The Hall–Kier alpha value is -0.830. The van der Waals surface area contributed by atoms with Crippen LogP contribution in [0.15, 0.2) is 12.4 Å². The van der Waals surface area contributed by atoms with Gasteiger partial charge in [0.25, 0.3) is 0 Å². The molecule has 1 N–H and O–H groups in total. The van der Waals surface area contributed by atoms with E-state index in [1.54, 1.807) is 0 Å². The van der Waals surface area contributed by atoms with Crippen molar-refractivity contribution < 1.29 is 0 Å². The topological polar surface area (TPSA) is 29.9 Å². The highest BCUT2D eigenvalue weighted by Crippen LogP contribution is 2.25. The minimum atomic E-state index is 0.467. The number of aromatic nitrogens is 2. The Kier molecular flexibility index (Phi) is 3.10. The van der Waals surface area contributed by atoms with Crippen LogP contribution in [0.4, 0.5) is 0 Å². The molecule has 0 aliphatic carbocycles. The van der Waals surface area contributed by atoms with Crippen LogP contribution in [0.1, 0.15) is 51.1 Å². The summed E-state index contributed by atoms with van der Waals surface area (Å²) in [4.78, 5) is 0. The standard InChI is InChI=1S/C12H21N3/c1-9(2)15-8-12(7-14-15)11-5-4-10(3)13-6-11/h7-11,13H,4-6H2,1-3H3/t10-,11-/m1/s1. The predicted octanol–water partition coefficient (Wildman–Crippen LogP) is 2.32. The molecule has 1 aromatic heterocycles. The monoisotopic (exact) mass is 207 g/mol. The molecule has 1 saturated heterocycles. The first kappa shape index (κ1) is 10.7. The third-order valence-electron chi connectivity index (χ3n) is 3.28. The molecule has 0 unspecified atom stereocenters. The van der Waals surface area contributed by atoms with Crippen molar-refractivity contribution in [2.45, 2.75) is 51.6 Å². The van der Waals surface area contributed by atoms with Crippen LogP contribution in [0.3, 0.4) is 0 Å². The van der Waals surface area contributed by atoms with E-state index in [1.807, 2.05) is 10.9 Å². The summed E-state index contributed by atoms with van der Waals surface area (Å²) in [6.45, 7) is 7.69. The van der Waals surface area contributed by atoms with Crippen molar-refractivity contribution >= 4 is 0 Å². The first-order valence-electron chi connectivity index (χ1n) is 5.94. The molecule has 2 rings (SSSR count). The fourth-order valence-corrected chi connectivity index (χ4v) is 2.13. The van der Waals surface area contributed by atoms with Gasteiger partial charge in [-0.2, -0.15) is 5.10 Å². The molecule has 2 heterocycles. The summed E-state index contributed by atoms with van der Waals surface area (Å²) < 4.78 is 2.05. The average Bonchev–Trinajstić information content (AvgIpc) is 2.68. The molecule has 3 nitrogen and oxygen atoms in total. The van der Waals surface area contributed by atoms with Crippen molar-refractivity contribution in [1.82, 2.24) is 15.1 Å². The quantitative estimate of drug-likeness (QED) is 0.806. The van der Waals surface area contributed by atoms with E-state index in [0.29, 0.717) is 18.0 Å². The first-order valence-corrected chi connectivity index (χ1v) is 5.94. The lowest BCUT2D eigenvalue weighted by molar-refractivity contribution is 0.384. The van der Waals surface area contributed by atoms with Crippen molar-refractivity contribution in [3.05, 3.63) is 18.0 Å². The van der Waals surface area contributed by atoms with Gasteiger partial charge in [0.1, 0.15) is 0 Å². The number of piperidine rings is 1. The largest absolute Gasteiger partial charge is 0.314 e. The maximum atomic E-state index is 4.40. The normalized spacial score (nSPS) is 27.2. The van der Waals surface area contributed by atoms with Crippen LogP contribution in [0.5, 0.6) is 0 Å². The van der Waals surface area contributed by atoms with E-state index in [2.05, 4.69) is 37.4 Å². The highest BCUT2D eigenvalue weighted by Gasteiger charge is 2.20. The van der Waals surface area contributed by atoms with Gasteiger partial charge in [0, 0.05) is 24.8 Å². The molecule has 2 atom stereocenters. The van der Waals surface area contributed by atoms with Crippen LogP contribution in [0.2, 0.25) is 0 Å². The summed E-state index contributed by atoms with van der Waals surface area (Å²) in [6, 6.07) is 1.15. The molecule has 1 aliphatic heterocycles. The second kappa shape index (κ2) is 4.35. The van der Waals surface area contributed by atoms with Gasteiger partial charge in [-0.1, -0.05) is 0 Å². The molecule has 0 aromatic carbocycles. The average molecular weight is 207 g/mol. The third-order valence-corrected chi connectivity index (χ3v) is 3.28. The van der Waals surface area contributed by atoms with Crippen molar-refractivity contribution in [3.63, 3.8) is 0 Å². The molecule has 0 bridgehead atoms. The van der Waals surface area contributed by atoms with Gasteiger partial charge >= 0.3 is 0 Å². The van der Waals surface area contributed by atoms with Crippen molar-refractivity contribution in [2.75, 3.05) is 6.54 Å². The molecular weight excluding hydrogens is 186 g/mol. The van der Waals surface area contributed by atoms with Gasteiger partial charge in [-0.25, -0.2) is 0 Å². The van der Waals surface area contributed by atoms with Crippen LogP contribution in [0.25, 0.3) is 0 Å². The van der Waals surface area contributed by atoms with Gasteiger partial charge < -0.3 is 5.32 Å². The molecule has 0 amide bonds. The Morgan fingerprint density at radius 1 is 1.47 bits per heavy atom. The fraction of sp³-hybridized carbons (Fsp3) is 0.750. The number of hydrogen-bond donors (Lipinski definition) is 1. The predicted molar refractivity (Wildman–Crippen MR) is 62.1 cm³/mol. The van der Waals surface area contributed by atoms with Gasteiger partial charge in [-0.15, -0.1) is 0 Å². The van der Waals surface area contributed by atoms with E-state index < -0.39 is 0 Å². The zero-order valence-corrected chi connectivity index (χ0v) is 9.90. The van der Waals surface area contributed by atoms with Crippen molar-refractivity contribution in [3.8, 4) is 0 Å². The van der Waals surface area contributed by atoms with Gasteiger partial charge in [0.05, 0.1) is 6.20 Å². The Bertz CT molecular complexity index is 308. The lowest BCUT2D eigenvalue weighted by Crippen LogP contribution is -2.35. The van der Waals surface area contributed by atoms with Gasteiger partial charge in [0.2, 0.25) is 0 Å². The number of rotatable bonds is 2. The van der Waals surface area contributed by atoms with E-state index in [4.69, 9.17) is 0 Å². The van der Waals surface area contributed by atoms with Gasteiger partial charge in [-0.3, -0.25) is 4.68 Å². The number of nitrogens with zero attached hydrogens (tertiary/aromatic N) is 2. The van der Waals surface area contributed by atoms with Crippen LogP contribution in [-0.2, 0) is 0 Å². The second-order valence-electron chi connectivity index (χ2n) is 4.93. The molecule has 15 heavy (non-hydrogen) atoms. The van der Waals surface area contributed by atoms with E-state index >= 15 is 0 Å². The molecular formula is C12H21N3. The third kappa shape index (κ3) is 2.40. The summed E-state index contributed by atoms with van der Waals surface area (Å²) in [5.41, 5.74) is 1.39. The summed E-state index contributed by atoms with van der Waals surface area (Å²) in [5, 5.41) is 7.93. The van der Waals surface area contributed by atoms with Crippen LogP contribution < -0.4 is 5.32 Å². The minimum absolute atomic E-state index is 0.467. The smallest absolute Gasteiger partial charge is 0.0525 e. The summed E-state index contributed by atoms with van der Waals surface area (Å²) in [6.07, 6.45) is 6.80. The highest BCUT2D eigenvalue weighted by atomic mass is 15.3. The second-order valence-corrected chi connectivity index (χ2v) is 4.93. The Morgan fingerprint density at radius 3 is 2.80 bits per heavy atom. The number of hydrogen-bond acceptors (Lipinski definition) is 2. The lowest BCUT2D eigenvalue weighted by atomic mass is 9.91. The Labute approximate surface area is 91.9 Å². The maximum Gasteiger partial charge on any atom is 0.0525 e. The summed E-state index contributed by atoms with van der Waals surface area (Å²) >= 11 is 0. The lowest BCUT2D eigenvalue weighted by Gasteiger charge is -2.26. The molecule has 1 aliphatic rings. The molecule has 0 radical (unpaired) electrons. The molecule has 3 heteroatoms. The zero-order valence-electron chi connectivity index (χ0n) is 9.90. The van der Waals surface area contributed by atoms with Gasteiger partial charge in [-0.05, 0) is 45.1 Å². The van der Waals surface area contributed by atoms with Crippen molar-refractivity contribution in [1.29, 1.82) is 0 Å². The first-order chi connectivity index (χ1) is 7.16. The Balaban J connectivity index is 2.03. The molecule has 0 saturated carbocycles. The minimum Gasteiger partial charge on any atom is -0.314 e. The molecule has 1 aromatic rings.